The van der Waals surface area contributed by atoms with Crippen molar-refractivity contribution < 1.29 is 4.79 Å². The van der Waals surface area contributed by atoms with Crippen LogP contribution in [0.4, 0.5) is 0 Å². The summed E-state index contributed by atoms with van der Waals surface area (Å²) in [6, 6.07) is 8.41. The minimum absolute atomic E-state index is 0.0862. The van der Waals surface area contributed by atoms with Gasteiger partial charge in [0.05, 0.1) is 10.9 Å². The lowest BCUT2D eigenvalue weighted by atomic mass is 9.86. The van der Waals surface area contributed by atoms with E-state index in [1.807, 2.05) is 29.7 Å². The summed E-state index contributed by atoms with van der Waals surface area (Å²) >= 11 is 1.46. The number of hydrogen-bond donors (Lipinski definition) is 1. The van der Waals surface area contributed by atoms with Gasteiger partial charge in [-0.3, -0.25) is 9.36 Å². The van der Waals surface area contributed by atoms with Crippen molar-refractivity contribution in [2.24, 2.45) is 5.92 Å². The van der Waals surface area contributed by atoms with Crippen LogP contribution in [-0.2, 0) is 4.79 Å². The second kappa shape index (κ2) is 8.04. The second-order valence-corrected chi connectivity index (χ2v) is 8.21. The van der Waals surface area contributed by atoms with E-state index >= 15 is 0 Å². The molecule has 0 bridgehead atoms. The predicted molar refractivity (Wildman–Crippen MR) is 101 cm³/mol. The van der Waals surface area contributed by atoms with Crippen molar-refractivity contribution in [2.75, 3.05) is 0 Å². The molecule has 1 aliphatic carbocycles. The number of rotatable bonds is 5. The predicted octanol–water partition coefficient (Wildman–Crippen LogP) is 3.75. The molecular formula is C19H26N4OS. The Bertz CT molecular complexity index is 730. The molecule has 1 aromatic heterocycles. The smallest absolute Gasteiger partial charge is 0.233 e. The lowest BCUT2D eigenvalue weighted by Gasteiger charge is -2.30. The van der Waals surface area contributed by atoms with Gasteiger partial charge in [-0.05, 0) is 44.2 Å². The maximum Gasteiger partial charge on any atom is 0.233 e. The second-order valence-electron chi connectivity index (χ2n) is 6.91. The fourth-order valence-corrected chi connectivity index (χ4v) is 4.19. The lowest BCUT2D eigenvalue weighted by Crippen LogP contribution is -2.44. The summed E-state index contributed by atoms with van der Waals surface area (Å²) in [5.41, 5.74) is 2.20. The van der Waals surface area contributed by atoms with Gasteiger partial charge in [0.15, 0.2) is 5.16 Å². The Labute approximate surface area is 153 Å². The Morgan fingerprint density at radius 3 is 2.84 bits per heavy atom. The van der Waals surface area contributed by atoms with Gasteiger partial charge in [0.25, 0.3) is 0 Å². The minimum atomic E-state index is -0.207. The maximum absolute atomic E-state index is 12.6. The van der Waals surface area contributed by atoms with E-state index in [9.17, 15) is 4.79 Å². The van der Waals surface area contributed by atoms with E-state index in [4.69, 9.17) is 0 Å². The van der Waals surface area contributed by atoms with Crippen molar-refractivity contribution in [1.29, 1.82) is 0 Å². The summed E-state index contributed by atoms with van der Waals surface area (Å²) in [7, 11) is 0. The topological polar surface area (TPSA) is 59.8 Å². The molecule has 6 heteroatoms. The van der Waals surface area contributed by atoms with E-state index < -0.39 is 0 Å². The molecule has 134 valence electrons. The molecule has 1 amide bonds. The number of aromatic nitrogens is 3. The van der Waals surface area contributed by atoms with Gasteiger partial charge < -0.3 is 5.32 Å². The van der Waals surface area contributed by atoms with Crippen molar-refractivity contribution in [2.45, 2.75) is 62.9 Å². The van der Waals surface area contributed by atoms with Crippen LogP contribution < -0.4 is 5.32 Å². The molecule has 1 N–H and O–H groups in total. The molecule has 25 heavy (non-hydrogen) atoms. The lowest BCUT2D eigenvalue weighted by molar-refractivity contribution is -0.121. The van der Waals surface area contributed by atoms with Crippen LogP contribution >= 0.6 is 11.8 Å². The first-order valence-electron chi connectivity index (χ1n) is 8.99. The first kappa shape index (κ1) is 18.0. The zero-order valence-electron chi connectivity index (χ0n) is 15.1. The normalized spacial score (nSPS) is 21.7. The number of thioether (sulfide) groups is 1. The quantitative estimate of drug-likeness (QED) is 0.827. The van der Waals surface area contributed by atoms with Crippen LogP contribution in [0.1, 0.15) is 45.1 Å². The summed E-state index contributed by atoms with van der Waals surface area (Å²) in [6.45, 7) is 6.23. The number of amides is 1. The monoisotopic (exact) mass is 358 g/mol. The molecular weight excluding hydrogens is 332 g/mol. The number of hydrogen-bond acceptors (Lipinski definition) is 4. The van der Waals surface area contributed by atoms with Gasteiger partial charge in [-0.1, -0.05) is 49.7 Å². The van der Waals surface area contributed by atoms with Gasteiger partial charge in [-0.2, -0.15) is 0 Å². The van der Waals surface area contributed by atoms with E-state index in [1.54, 1.807) is 6.33 Å². The number of nitrogens with one attached hydrogen (secondary N) is 1. The van der Waals surface area contributed by atoms with Crippen LogP contribution in [-0.4, -0.2) is 32.0 Å². The van der Waals surface area contributed by atoms with Gasteiger partial charge in [-0.15, -0.1) is 10.2 Å². The van der Waals surface area contributed by atoms with Gasteiger partial charge >= 0.3 is 0 Å². The number of para-hydroxylation sites is 1. The van der Waals surface area contributed by atoms with Crippen LogP contribution in [0.2, 0.25) is 0 Å². The Morgan fingerprint density at radius 1 is 1.32 bits per heavy atom. The third kappa shape index (κ3) is 4.24. The Balaban J connectivity index is 1.67. The Hall–Kier alpha value is -1.82. The SMILES string of the molecule is Cc1ccccc1-n1cnnc1SC(C)C(=O)NC1CCCCC1C. The average Bonchev–Trinajstić information content (AvgIpc) is 3.05. The van der Waals surface area contributed by atoms with Gasteiger partial charge in [0.1, 0.15) is 6.33 Å². The number of aryl methyl sites for hydroxylation is 1. The molecule has 3 unspecified atom stereocenters. The van der Waals surface area contributed by atoms with Crippen LogP contribution in [0.5, 0.6) is 0 Å². The number of nitrogens with zero attached hydrogens (tertiary/aromatic N) is 3. The zero-order chi connectivity index (χ0) is 17.8. The van der Waals surface area contributed by atoms with E-state index in [1.165, 1.54) is 31.0 Å². The van der Waals surface area contributed by atoms with Crippen LogP contribution in [0.3, 0.4) is 0 Å². The average molecular weight is 359 g/mol. The summed E-state index contributed by atoms with van der Waals surface area (Å²) in [5.74, 6) is 0.647. The molecule has 0 aliphatic heterocycles. The third-order valence-corrected chi connectivity index (χ3v) is 6.04. The first-order valence-corrected chi connectivity index (χ1v) is 9.87. The van der Waals surface area contributed by atoms with Crippen molar-refractivity contribution in [1.82, 2.24) is 20.1 Å². The molecule has 3 rings (SSSR count). The molecule has 1 fully saturated rings. The molecule has 1 aromatic carbocycles. The van der Waals surface area contributed by atoms with Crippen LogP contribution in [0, 0.1) is 12.8 Å². The Kier molecular flexibility index (Phi) is 5.78. The molecule has 3 atom stereocenters. The van der Waals surface area contributed by atoms with E-state index in [2.05, 4.69) is 35.4 Å². The van der Waals surface area contributed by atoms with Gasteiger partial charge in [0, 0.05) is 6.04 Å². The number of benzene rings is 1. The summed E-state index contributed by atoms with van der Waals surface area (Å²) in [4.78, 5) is 12.6. The molecule has 1 aliphatic rings. The Morgan fingerprint density at radius 2 is 2.08 bits per heavy atom. The summed E-state index contributed by atoms with van der Waals surface area (Å²) in [6.07, 6.45) is 6.48. The van der Waals surface area contributed by atoms with Crippen molar-refractivity contribution in [3.05, 3.63) is 36.2 Å². The van der Waals surface area contributed by atoms with E-state index in [0.29, 0.717) is 12.0 Å². The number of carbonyl (C=O) groups excluding carboxylic acids is 1. The summed E-state index contributed by atoms with van der Waals surface area (Å²) < 4.78 is 1.95. The van der Waals surface area contributed by atoms with Crippen molar-refractivity contribution in [3.63, 3.8) is 0 Å². The molecule has 5 nitrogen and oxygen atoms in total. The van der Waals surface area contributed by atoms with Gasteiger partial charge in [-0.25, -0.2) is 0 Å². The molecule has 0 radical (unpaired) electrons. The molecule has 2 aromatic rings. The van der Waals surface area contributed by atoms with Crippen LogP contribution in [0.15, 0.2) is 35.7 Å². The van der Waals surface area contributed by atoms with Crippen LogP contribution in [0.25, 0.3) is 5.69 Å². The fraction of sp³-hybridized carbons (Fsp3) is 0.526. The molecule has 1 heterocycles. The first-order chi connectivity index (χ1) is 12.1. The van der Waals surface area contributed by atoms with E-state index in [-0.39, 0.29) is 11.2 Å². The van der Waals surface area contributed by atoms with Crippen molar-refractivity contribution >= 4 is 17.7 Å². The maximum atomic E-state index is 12.6. The molecule has 1 saturated carbocycles. The largest absolute Gasteiger partial charge is 0.352 e. The molecule has 0 spiro atoms. The highest BCUT2D eigenvalue weighted by molar-refractivity contribution is 8.00. The van der Waals surface area contributed by atoms with Gasteiger partial charge in [0.2, 0.25) is 5.91 Å². The highest BCUT2D eigenvalue weighted by atomic mass is 32.2. The summed E-state index contributed by atoms with van der Waals surface area (Å²) in [5, 5.41) is 12.0. The third-order valence-electron chi connectivity index (χ3n) is 4.98. The highest BCUT2D eigenvalue weighted by Gasteiger charge is 2.26. The number of carbonyl (C=O) groups is 1. The minimum Gasteiger partial charge on any atom is -0.352 e. The fourth-order valence-electron chi connectivity index (χ4n) is 3.35. The van der Waals surface area contributed by atoms with E-state index in [0.717, 1.165) is 22.8 Å². The zero-order valence-corrected chi connectivity index (χ0v) is 15.9. The highest BCUT2D eigenvalue weighted by Crippen LogP contribution is 2.27. The van der Waals surface area contributed by atoms with Crippen molar-refractivity contribution in [3.8, 4) is 5.69 Å². The molecule has 0 saturated heterocycles. The standard InChI is InChI=1S/C19H26N4OS/c1-13-8-4-6-10-16(13)21-18(24)15(3)25-19-22-20-12-23(19)17-11-7-5-9-14(17)2/h5,7,9,11-13,15-16H,4,6,8,10H2,1-3H3,(H,21,24).